The van der Waals surface area contributed by atoms with Gasteiger partial charge in [-0.1, -0.05) is 0 Å². The first-order valence-corrected chi connectivity index (χ1v) is 6.74. The van der Waals surface area contributed by atoms with Crippen LogP contribution in [0.15, 0.2) is 22.7 Å². The summed E-state index contributed by atoms with van der Waals surface area (Å²) in [7, 11) is 1.67. The first kappa shape index (κ1) is 13.4. The van der Waals surface area contributed by atoms with Gasteiger partial charge in [0.25, 0.3) is 0 Å². The Kier molecular flexibility index (Phi) is 3.92. The maximum absolute atomic E-state index is 11.9. The van der Waals surface area contributed by atoms with Gasteiger partial charge in [-0.15, -0.1) is 0 Å². The largest absolute Gasteiger partial charge is 0.398 e. The van der Waals surface area contributed by atoms with Crippen LogP contribution in [0.5, 0.6) is 0 Å². The Balaban J connectivity index is 1.96. The summed E-state index contributed by atoms with van der Waals surface area (Å²) in [5.41, 5.74) is 6.85. The fraction of sp³-hybridized carbons (Fsp3) is 0.462. The van der Waals surface area contributed by atoms with Crippen molar-refractivity contribution in [1.29, 1.82) is 0 Å². The molecule has 1 saturated carbocycles. The molecule has 3 N–H and O–H groups in total. The van der Waals surface area contributed by atoms with Gasteiger partial charge in [0, 0.05) is 23.0 Å². The third-order valence-corrected chi connectivity index (χ3v) is 4.15. The molecule has 0 radical (unpaired) electrons. The number of nitrogens with one attached hydrogen (secondary N) is 1. The second kappa shape index (κ2) is 5.28. The fourth-order valence-corrected chi connectivity index (χ4v) is 2.51. The van der Waals surface area contributed by atoms with Gasteiger partial charge in [0.2, 0.25) is 5.91 Å². The van der Waals surface area contributed by atoms with Crippen LogP contribution in [0.2, 0.25) is 0 Å². The second-order valence-electron chi connectivity index (χ2n) is 4.70. The van der Waals surface area contributed by atoms with Gasteiger partial charge >= 0.3 is 0 Å². The highest BCUT2D eigenvalue weighted by atomic mass is 79.9. The Bertz CT molecular complexity index is 453. The van der Waals surface area contributed by atoms with E-state index in [0.29, 0.717) is 12.1 Å². The monoisotopic (exact) mass is 312 g/mol. The number of anilines is 2. The fourth-order valence-electron chi connectivity index (χ4n) is 2.13. The van der Waals surface area contributed by atoms with Gasteiger partial charge in [-0.25, -0.2) is 0 Å². The molecule has 1 fully saturated rings. The standard InChI is InChI=1S/C13H17BrN2O2/c1-18-13(5-2-6-13)8-12(17)16-9-3-4-11(15)10(14)7-9/h3-4,7H,2,5-6,8,15H2,1H3,(H,16,17). The van der Waals surface area contributed by atoms with Crippen LogP contribution >= 0.6 is 15.9 Å². The molecular weight excluding hydrogens is 296 g/mol. The van der Waals surface area contributed by atoms with Crippen molar-refractivity contribution in [2.75, 3.05) is 18.2 Å². The zero-order valence-corrected chi connectivity index (χ0v) is 11.9. The van der Waals surface area contributed by atoms with E-state index < -0.39 is 0 Å². The molecule has 5 heteroatoms. The summed E-state index contributed by atoms with van der Waals surface area (Å²) in [6.07, 6.45) is 3.46. The Hall–Kier alpha value is -1.07. The van der Waals surface area contributed by atoms with E-state index in [0.717, 1.165) is 29.4 Å². The molecule has 0 aliphatic heterocycles. The lowest BCUT2D eigenvalue weighted by Crippen LogP contribution is -2.42. The van der Waals surface area contributed by atoms with E-state index >= 15 is 0 Å². The highest BCUT2D eigenvalue weighted by molar-refractivity contribution is 9.10. The van der Waals surface area contributed by atoms with Crippen LogP contribution in [0.1, 0.15) is 25.7 Å². The number of nitrogen functional groups attached to an aromatic ring is 1. The Morgan fingerprint density at radius 3 is 2.78 bits per heavy atom. The van der Waals surface area contributed by atoms with E-state index in [9.17, 15) is 4.79 Å². The number of hydrogen-bond donors (Lipinski definition) is 2. The van der Waals surface area contributed by atoms with E-state index in [4.69, 9.17) is 10.5 Å². The number of carbonyl (C=O) groups excluding carboxylic acids is 1. The van der Waals surface area contributed by atoms with Crippen LogP contribution in [-0.4, -0.2) is 18.6 Å². The van der Waals surface area contributed by atoms with Crippen molar-refractivity contribution in [2.24, 2.45) is 0 Å². The maximum atomic E-state index is 11.9. The van der Waals surface area contributed by atoms with Gasteiger partial charge in [0.15, 0.2) is 0 Å². The van der Waals surface area contributed by atoms with Crippen LogP contribution in [0.3, 0.4) is 0 Å². The number of ether oxygens (including phenoxy) is 1. The van der Waals surface area contributed by atoms with Crippen molar-refractivity contribution < 1.29 is 9.53 Å². The molecular formula is C13H17BrN2O2. The van der Waals surface area contributed by atoms with E-state index in [1.165, 1.54) is 0 Å². The second-order valence-corrected chi connectivity index (χ2v) is 5.56. The summed E-state index contributed by atoms with van der Waals surface area (Å²) < 4.78 is 6.22. The molecule has 1 amide bonds. The van der Waals surface area contributed by atoms with Gasteiger partial charge in [-0.05, 0) is 53.4 Å². The zero-order chi connectivity index (χ0) is 13.2. The normalized spacial score (nSPS) is 17.0. The molecule has 1 aliphatic carbocycles. The molecule has 0 atom stereocenters. The topological polar surface area (TPSA) is 64.3 Å². The molecule has 0 spiro atoms. The van der Waals surface area contributed by atoms with Crippen molar-refractivity contribution in [2.45, 2.75) is 31.3 Å². The highest BCUT2D eigenvalue weighted by Crippen LogP contribution is 2.38. The van der Waals surface area contributed by atoms with Crippen molar-refractivity contribution in [3.63, 3.8) is 0 Å². The molecule has 0 bridgehead atoms. The molecule has 0 unspecified atom stereocenters. The third-order valence-electron chi connectivity index (χ3n) is 3.46. The number of methoxy groups -OCH3 is 1. The van der Waals surface area contributed by atoms with Crippen LogP contribution in [0.25, 0.3) is 0 Å². The number of nitrogens with two attached hydrogens (primary N) is 1. The minimum Gasteiger partial charge on any atom is -0.398 e. The Labute approximate surface area is 115 Å². The molecule has 18 heavy (non-hydrogen) atoms. The van der Waals surface area contributed by atoms with Crippen LogP contribution in [-0.2, 0) is 9.53 Å². The van der Waals surface area contributed by atoms with Crippen molar-refractivity contribution in [3.05, 3.63) is 22.7 Å². The van der Waals surface area contributed by atoms with Crippen molar-refractivity contribution >= 4 is 33.2 Å². The molecule has 0 aromatic heterocycles. The van der Waals surface area contributed by atoms with Crippen LogP contribution < -0.4 is 11.1 Å². The summed E-state index contributed by atoms with van der Waals surface area (Å²) in [6.45, 7) is 0. The SMILES string of the molecule is COC1(CC(=O)Nc2ccc(N)c(Br)c2)CCC1. The van der Waals surface area contributed by atoms with Crippen LogP contribution in [0.4, 0.5) is 11.4 Å². The molecule has 0 saturated heterocycles. The Morgan fingerprint density at radius 1 is 1.56 bits per heavy atom. The number of halogens is 1. The smallest absolute Gasteiger partial charge is 0.227 e. The lowest BCUT2D eigenvalue weighted by molar-refractivity contribution is -0.129. The average Bonchev–Trinajstić information content (AvgIpc) is 2.29. The molecule has 1 aliphatic rings. The van der Waals surface area contributed by atoms with Gasteiger partial charge in [0.05, 0.1) is 12.0 Å². The van der Waals surface area contributed by atoms with Gasteiger partial charge in [-0.2, -0.15) is 0 Å². The molecule has 1 aromatic carbocycles. The van der Waals surface area contributed by atoms with E-state index in [1.54, 1.807) is 25.3 Å². The summed E-state index contributed by atoms with van der Waals surface area (Å²) in [5.74, 6) is -0.0202. The average molecular weight is 313 g/mol. The highest BCUT2D eigenvalue weighted by Gasteiger charge is 2.38. The van der Waals surface area contributed by atoms with Gasteiger partial charge in [0.1, 0.15) is 0 Å². The first-order valence-electron chi connectivity index (χ1n) is 5.95. The summed E-state index contributed by atoms with van der Waals surface area (Å²) >= 11 is 3.33. The predicted octanol–water partition coefficient (Wildman–Crippen LogP) is 2.93. The quantitative estimate of drug-likeness (QED) is 0.840. The molecule has 2 rings (SSSR count). The number of carbonyl (C=O) groups is 1. The van der Waals surface area contributed by atoms with Crippen molar-refractivity contribution in [1.82, 2.24) is 0 Å². The predicted molar refractivity (Wildman–Crippen MR) is 75.4 cm³/mol. The minimum absolute atomic E-state index is 0.0202. The summed E-state index contributed by atoms with van der Waals surface area (Å²) in [4.78, 5) is 11.9. The number of amides is 1. The van der Waals surface area contributed by atoms with E-state index in [-0.39, 0.29) is 11.5 Å². The van der Waals surface area contributed by atoms with Gasteiger partial charge in [-0.3, -0.25) is 4.79 Å². The molecule has 4 nitrogen and oxygen atoms in total. The lowest BCUT2D eigenvalue weighted by Gasteiger charge is -2.39. The molecule has 0 heterocycles. The van der Waals surface area contributed by atoms with E-state index in [1.807, 2.05) is 0 Å². The van der Waals surface area contributed by atoms with E-state index in [2.05, 4.69) is 21.2 Å². The Morgan fingerprint density at radius 2 is 2.28 bits per heavy atom. The number of rotatable bonds is 4. The first-order chi connectivity index (χ1) is 8.54. The minimum atomic E-state index is -0.241. The van der Waals surface area contributed by atoms with Gasteiger partial charge < -0.3 is 15.8 Å². The van der Waals surface area contributed by atoms with Crippen molar-refractivity contribution in [3.8, 4) is 0 Å². The third kappa shape index (κ3) is 2.84. The zero-order valence-electron chi connectivity index (χ0n) is 10.3. The molecule has 1 aromatic rings. The summed E-state index contributed by atoms with van der Waals surface area (Å²) in [5, 5.41) is 2.86. The summed E-state index contributed by atoms with van der Waals surface area (Å²) in [6, 6.07) is 5.35. The number of benzene rings is 1. The lowest BCUT2D eigenvalue weighted by atomic mass is 9.77. The number of hydrogen-bond acceptors (Lipinski definition) is 3. The molecule has 98 valence electrons. The van der Waals surface area contributed by atoms with Crippen LogP contribution in [0, 0.1) is 0 Å². The maximum Gasteiger partial charge on any atom is 0.227 e.